The molecule has 0 radical (unpaired) electrons. The first-order valence-corrected chi connectivity index (χ1v) is 13.8. The monoisotopic (exact) mass is 513 g/mol. The fourth-order valence-electron chi connectivity index (χ4n) is 6.74. The fourth-order valence-corrected chi connectivity index (χ4v) is 6.74. The number of hydrogen-bond donors (Lipinski definition) is 0. The Morgan fingerprint density at radius 2 is 1.18 bits per heavy atom. The van der Waals surface area contributed by atoms with E-state index in [0.29, 0.717) is 0 Å². The summed E-state index contributed by atoms with van der Waals surface area (Å²) in [5.74, 6) is 1.75. The Balaban J connectivity index is 1.43. The SMILES string of the molecule is CC1(C)c2ccccc2-c2c(Oc3c4ccccc4c(-c4cccc5ccccc45)c4cnccc34)cccc21. The van der Waals surface area contributed by atoms with Crippen molar-refractivity contribution in [2.75, 3.05) is 0 Å². The second kappa shape index (κ2) is 8.53. The molecule has 0 N–H and O–H groups in total. The standard InChI is InChI=1S/C38H27NO/c1-38(2)32-18-8-7-16-30(32)36-33(38)19-10-20-34(36)40-37-28-15-6-5-14-27(28)35(31-23-39-22-21-29(31)37)26-17-9-12-24-11-3-4-13-25(24)26/h3-23H,1-2H3. The first-order valence-electron chi connectivity index (χ1n) is 13.8. The molecule has 0 bridgehead atoms. The normalized spacial score (nSPS) is 13.4. The van der Waals surface area contributed by atoms with Gasteiger partial charge >= 0.3 is 0 Å². The average Bonchev–Trinajstić information content (AvgIpc) is 3.24. The molecule has 190 valence electrons. The fraction of sp³-hybridized carbons (Fsp3) is 0.0789. The predicted molar refractivity (Wildman–Crippen MR) is 166 cm³/mol. The lowest BCUT2D eigenvalue weighted by Gasteiger charge is -2.22. The van der Waals surface area contributed by atoms with Crippen LogP contribution in [0.1, 0.15) is 25.0 Å². The van der Waals surface area contributed by atoms with E-state index in [9.17, 15) is 0 Å². The molecule has 2 heteroatoms. The molecule has 0 amide bonds. The van der Waals surface area contributed by atoms with Gasteiger partial charge in [-0.05, 0) is 56.1 Å². The molecule has 1 aromatic heterocycles. The molecule has 0 unspecified atom stereocenters. The quantitative estimate of drug-likeness (QED) is 0.219. The second-order valence-electron chi connectivity index (χ2n) is 11.1. The van der Waals surface area contributed by atoms with Crippen molar-refractivity contribution in [3.05, 3.63) is 139 Å². The van der Waals surface area contributed by atoms with Crippen LogP contribution in [0, 0.1) is 0 Å². The topological polar surface area (TPSA) is 22.1 Å². The van der Waals surface area contributed by atoms with Crippen LogP contribution in [0.3, 0.4) is 0 Å². The van der Waals surface area contributed by atoms with Gasteiger partial charge in [0, 0.05) is 39.5 Å². The minimum atomic E-state index is -0.0857. The Morgan fingerprint density at radius 1 is 0.525 bits per heavy atom. The number of benzene rings is 6. The minimum Gasteiger partial charge on any atom is -0.455 e. The van der Waals surface area contributed by atoms with Gasteiger partial charge < -0.3 is 4.74 Å². The first-order chi connectivity index (χ1) is 19.6. The summed E-state index contributed by atoms with van der Waals surface area (Å²) in [6.45, 7) is 4.60. The van der Waals surface area contributed by atoms with Crippen LogP contribution in [-0.2, 0) is 5.41 Å². The van der Waals surface area contributed by atoms with Gasteiger partial charge in [0.1, 0.15) is 11.5 Å². The third-order valence-electron chi connectivity index (χ3n) is 8.62. The van der Waals surface area contributed by atoms with Crippen molar-refractivity contribution in [1.82, 2.24) is 4.98 Å². The summed E-state index contributed by atoms with van der Waals surface area (Å²) in [5.41, 5.74) is 7.38. The maximum Gasteiger partial charge on any atom is 0.143 e. The Bertz CT molecular complexity index is 2060. The maximum atomic E-state index is 7.05. The number of fused-ring (bicyclic) bond motifs is 6. The molecular formula is C38H27NO. The van der Waals surface area contributed by atoms with Gasteiger partial charge in [-0.1, -0.05) is 117 Å². The lowest BCUT2D eigenvalue weighted by Crippen LogP contribution is -2.14. The second-order valence-corrected chi connectivity index (χ2v) is 11.1. The maximum absolute atomic E-state index is 7.05. The van der Waals surface area contributed by atoms with Gasteiger partial charge in [0.2, 0.25) is 0 Å². The number of pyridine rings is 1. The van der Waals surface area contributed by atoms with Crippen molar-refractivity contribution < 1.29 is 4.74 Å². The van der Waals surface area contributed by atoms with Crippen molar-refractivity contribution in [2.45, 2.75) is 19.3 Å². The molecule has 2 nitrogen and oxygen atoms in total. The summed E-state index contributed by atoms with van der Waals surface area (Å²) in [6, 6.07) is 41.0. The summed E-state index contributed by atoms with van der Waals surface area (Å²) in [4.78, 5) is 4.59. The molecular weight excluding hydrogens is 486 g/mol. The number of rotatable bonds is 3. The van der Waals surface area contributed by atoms with Gasteiger partial charge in [-0.25, -0.2) is 0 Å². The Morgan fingerprint density at radius 3 is 2.08 bits per heavy atom. The Kier molecular flexibility index (Phi) is 4.90. The molecule has 1 heterocycles. The Hall–Kier alpha value is -4.95. The number of aromatic nitrogens is 1. The van der Waals surface area contributed by atoms with E-state index in [0.717, 1.165) is 33.0 Å². The lowest BCUT2D eigenvalue weighted by atomic mass is 9.82. The largest absolute Gasteiger partial charge is 0.455 e. The number of hydrogen-bond acceptors (Lipinski definition) is 2. The van der Waals surface area contributed by atoms with Crippen LogP contribution in [0.15, 0.2) is 128 Å². The number of ether oxygens (including phenoxy) is 1. The van der Waals surface area contributed by atoms with Crippen LogP contribution >= 0.6 is 0 Å². The van der Waals surface area contributed by atoms with Crippen LogP contribution in [0.2, 0.25) is 0 Å². The van der Waals surface area contributed by atoms with Gasteiger partial charge in [0.05, 0.1) is 0 Å². The van der Waals surface area contributed by atoms with Gasteiger partial charge in [0.15, 0.2) is 0 Å². The average molecular weight is 514 g/mol. The lowest BCUT2D eigenvalue weighted by molar-refractivity contribution is 0.494. The molecule has 0 spiro atoms. The molecule has 40 heavy (non-hydrogen) atoms. The van der Waals surface area contributed by atoms with Crippen molar-refractivity contribution in [3.63, 3.8) is 0 Å². The highest BCUT2D eigenvalue weighted by atomic mass is 16.5. The van der Waals surface area contributed by atoms with Crippen LogP contribution in [0.25, 0.3) is 54.6 Å². The number of nitrogens with zero attached hydrogens (tertiary/aromatic N) is 1. The van der Waals surface area contributed by atoms with Crippen LogP contribution in [-0.4, -0.2) is 4.98 Å². The van der Waals surface area contributed by atoms with E-state index in [4.69, 9.17) is 4.74 Å². The summed E-state index contributed by atoms with van der Waals surface area (Å²) in [6.07, 6.45) is 3.85. The molecule has 8 rings (SSSR count). The van der Waals surface area contributed by atoms with Gasteiger partial charge in [-0.2, -0.15) is 0 Å². The van der Waals surface area contributed by atoms with Gasteiger partial charge in [0.25, 0.3) is 0 Å². The zero-order chi connectivity index (χ0) is 26.8. The van der Waals surface area contributed by atoms with E-state index in [2.05, 4.69) is 134 Å². The molecule has 7 aromatic rings. The van der Waals surface area contributed by atoms with E-state index in [1.807, 2.05) is 12.4 Å². The summed E-state index contributed by atoms with van der Waals surface area (Å²) >= 11 is 0. The molecule has 0 fully saturated rings. The summed E-state index contributed by atoms with van der Waals surface area (Å²) in [7, 11) is 0. The zero-order valence-corrected chi connectivity index (χ0v) is 22.5. The van der Waals surface area contributed by atoms with E-state index >= 15 is 0 Å². The van der Waals surface area contributed by atoms with Crippen LogP contribution in [0.5, 0.6) is 11.5 Å². The first kappa shape index (κ1) is 23.0. The van der Waals surface area contributed by atoms with Crippen molar-refractivity contribution >= 4 is 32.3 Å². The van der Waals surface area contributed by atoms with Crippen LogP contribution in [0.4, 0.5) is 0 Å². The van der Waals surface area contributed by atoms with Crippen molar-refractivity contribution in [3.8, 4) is 33.8 Å². The molecule has 6 aromatic carbocycles. The van der Waals surface area contributed by atoms with E-state index in [1.54, 1.807) is 0 Å². The van der Waals surface area contributed by atoms with E-state index < -0.39 is 0 Å². The molecule has 0 saturated heterocycles. The molecule has 1 aliphatic rings. The summed E-state index contributed by atoms with van der Waals surface area (Å²) in [5, 5.41) is 6.84. The van der Waals surface area contributed by atoms with Crippen molar-refractivity contribution in [1.29, 1.82) is 0 Å². The van der Waals surface area contributed by atoms with E-state index in [1.165, 1.54) is 44.2 Å². The van der Waals surface area contributed by atoms with Gasteiger partial charge in [-0.15, -0.1) is 0 Å². The third-order valence-corrected chi connectivity index (χ3v) is 8.62. The minimum absolute atomic E-state index is 0.0857. The highest BCUT2D eigenvalue weighted by molar-refractivity contribution is 6.19. The third kappa shape index (κ3) is 3.20. The molecule has 1 aliphatic carbocycles. The predicted octanol–water partition coefficient (Wildman–Crippen LogP) is 10.3. The van der Waals surface area contributed by atoms with Crippen molar-refractivity contribution in [2.24, 2.45) is 0 Å². The summed E-state index contributed by atoms with van der Waals surface area (Å²) < 4.78 is 7.05. The zero-order valence-electron chi connectivity index (χ0n) is 22.5. The molecule has 0 atom stereocenters. The molecule has 0 aliphatic heterocycles. The highest BCUT2D eigenvalue weighted by Crippen LogP contribution is 2.54. The smallest absolute Gasteiger partial charge is 0.143 e. The Labute approximate surface area is 233 Å². The molecule has 0 saturated carbocycles. The van der Waals surface area contributed by atoms with Crippen LogP contribution < -0.4 is 4.74 Å². The van der Waals surface area contributed by atoms with E-state index in [-0.39, 0.29) is 5.41 Å². The highest BCUT2D eigenvalue weighted by Gasteiger charge is 2.37. The van der Waals surface area contributed by atoms with Gasteiger partial charge in [-0.3, -0.25) is 4.98 Å².